The van der Waals surface area contributed by atoms with Crippen LogP contribution in [0.25, 0.3) is 21.8 Å². The maximum Gasteiger partial charge on any atom is 0.251 e. The molecule has 1 amide bonds. The van der Waals surface area contributed by atoms with E-state index < -0.39 is 0 Å². The summed E-state index contributed by atoms with van der Waals surface area (Å²) in [5.74, 6) is 0.775. The first kappa shape index (κ1) is 25.9. The number of rotatable bonds is 8. The molecule has 1 atom stereocenters. The lowest BCUT2D eigenvalue weighted by molar-refractivity contribution is 0.0934. The van der Waals surface area contributed by atoms with Crippen molar-refractivity contribution in [3.8, 4) is 5.75 Å². The van der Waals surface area contributed by atoms with Gasteiger partial charge in [0.15, 0.2) is 0 Å². The van der Waals surface area contributed by atoms with Gasteiger partial charge in [-0.2, -0.15) is 0 Å². The molecule has 0 saturated carbocycles. The van der Waals surface area contributed by atoms with Crippen LogP contribution >= 0.6 is 0 Å². The number of nitrogens with one attached hydrogen (secondary N) is 1. The van der Waals surface area contributed by atoms with Crippen molar-refractivity contribution < 1.29 is 9.53 Å². The second kappa shape index (κ2) is 11.4. The molecule has 2 saturated heterocycles. The van der Waals surface area contributed by atoms with Crippen molar-refractivity contribution in [2.45, 2.75) is 50.8 Å². The fourth-order valence-corrected chi connectivity index (χ4v) is 6.45. The number of carbonyl (C=O) groups excluding carboxylic acids is 1. The largest absolute Gasteiger partial charge is 0.490 e. The van der Waals surface area contributed by atoms with Crippen LogP contribution in [0.2, 0.25) is 0 Å². The number of hydrogen-bond donors (Lipinski definition) is 1. The highest BCUT2D eigenvalue weighted by atomic mass is 16.5. The van der Waals surface area contributed by atoms with Gasteiger partial charge < -0.3 is 19.5 Å². The lowest BCUT2D eigenvalue weighted by atomic mass is 10.1. The average molecular weight is 525 g/mol. The zero-order valence-electron chi connectivity index (χ0n) is 23.2. The Hall–Kier alpha value is -3.35. The Balaban J connectivity index is 1.00. The summed E-state index contributed by atoms with van der Waals surface area (Å²) in [6.45, 7) is 4.85. The lowest BCUT2D eigenvalue weighted by Crippen LogP contribution is -2.37. The number of hydrogen-bond acceptors (Lipinski definition) is 4. The number of piperidine rings is 1. The van der Waals surface area contributed by atoms with Gasteiger partial charge in [-0.05, 0) is 81.6 Å². The molecule has 2 fully saturated rings. The number of ether oxygens (including phenoxy) is 1. The molecule has 6 heteroatoms. The first-order valence-electron chi connectivity index (χ1n) is 14.5. The molecule has 3 aromatic carbocycles. The third kappa shape index (κ3) is 5.68. The van der Waals surface area contributed by atoms with E-state index in [0.717, 1.165) is 51.2 Å². The van der Waals surface area contributed by atoms with Crippen molar-refractivity contribution >= 4 is 27.7 Å². The number of fused-ring (bicyclic) bond motifs is 3. The van der Waals surface area contributed by atoms with Gasteiger partial charge in [0.1, 0.15) is 11.9 Å². The molecular weight excluding hydrogens is 484 g/mol. The van der Waals surface area contributed by atoms with Crippen molar-refractivity contribution in [2.75, 3.05) is 33.2 Å². The zero-order chi connectivity index (χ0) is 26.8. The highest BCUT2D eigenvalue weighted by Gasteiger charge is 2.22. The molecule has 6 nitrogen and oxygen atoms in total. The minimum absolute atomic E-state index is 0.0148. The molecule has 1 N–H and O–H groups in total. The van der Waals surface area contributed by atoms with Crippen molar-refractivity contribution in [3.63, 3.8) is 0 Å². The summed E-state index contributed by atoms with van der Waals surface area (Å²) in [5, 5.41) is 5.74. The molecule has 6 rings (SSSR count). The van der Waals surface area contributed by atoms with E-state index in [2.05, 4.69) is 76.2 Å². The molecule has 2 aliphatic rings. The molecule has 0 radical (unpaired) electrons. The quantitative estimate of drug-likeness (QED) is 0.327. The molecule has 2 aliphatic heterocycles. The second-order valence-corrected chi connectivity index (χ2v) is 11.4. The summed E-state index contributed by atoms with van der Waals surface area (Å²) in [6.07, 6.45) is 5.65. The van der Waals surface area contributed by atoms with Gasteiger partial charge in [0.05, 0.1) is 0 Å². The maximum absolute atomic E-state index is 12.7. The van der Waals surface area contributed by atoms with Crippen LogP contribution in [-0.4, -0.2) is 65.6 Å². The van der Waals surface area contributed by atoms with E-state index in [-0.39, 0.29) is 12.0 Å². The predicted octanol–water partition coefficient (Wildman–Crippen LogP) is 5.59. The zero-order valence-corrected chi connectivity index (χ0v) is 23.2. The van der Waals surface area contributed by atoms with Gasteiger partial charge in [-0.1, -0.05) is 36.4 Å². The van der Waals surface area contributed by atoms with Gasteiger partial charge in [0, 0.05) is 66.6 Å². The van der Waals surface area contributed by atoms with E-state index in [1.807, 2.05) is 24.3 Å². The number of aryl methyl sites for hydroxylation is 1. The fourth-order valence-electron chi connectivity index (χ4n) is 6.45. The first-order valence-corrected chi connectivity index (χ1v) is 14.5. The standard InChI is InChI=1S/C33H40N4O2/c1-35-18-6-8-26(35)14-17-34-33(38)25-7-5-9-28(22-25)39-27-15-19-37(20-16-27)23-24-12-13-30-29-10-3-4-11-31(29)36(2)32(30)21-24/h3-5,7,9-13,21-22,26-27H,6,8,14-20,23H2,1-2H3,(H,34,38). The van der Waals surface area contributed by atoms with Crippen LogP contribution in [0, 0.1) is 0 Å². The van der Waals surface area contributed by atoms with Gasteiger partial charge in [-0.3, -0.25) is 9.69 Å². The Morgan fingerprint density at radius 1 is 0.897 bits per heavy atom. The lowest BCUT2D eigenvalue weighted by Gasteiger charge is -2.32. The van der Waals surface area contributed by atoms with E-state index in [9.17, 15) is 4.79 Å². The number of benzene rings is 3. The summed E-state index contributed by atoms with van der Waals surface area (Å²) >= 11 is 0. The second-order valence-electron chi connectivity index (χ2n) is 11.4. The van der Waals surface area contributed by atoms with Crippen LogP contribution in [0.1, 0.15) is 48.0 Å². The number of nitrogens with zero attached hydrogens (tertiary/aromatic N) is 3. The van der Waals surface area contributed by atoms with Gasteiger partial charge in [-0.25, -0.2) is 0 Å². The monoisotopic (exact) mass is 524 g/mol. The summed E-state index contributed by atoms with van der Waals surface area (Å²) < 4.78 is 8.64. The Labute approximate surface area is 231 Å². The van der Waals surface area contributed by atoms with Crippen molar-refractivity contribution in [3.05, 3.63) is 77.9 Å². The SMILES string of the molecule is CN1CCCC1CCNC(=O)c1cccc(OC2CCN(Cc3ccc4c5ccccc5n(C)c4c3)CC2)c1. The van der Waals surface area contributed by atoms with E-state index >= 15 is 0 Å². The van der Waals surface area contributed by atoms with Crippen LogP contribution in [0.3, 0.4) is 0 Å². The van der Waals surface area contributed by atoms with Gasteiger partial charge >= 0.3 is 0 Å². The molecular formula is C33H40N4O2. The molecule has 0 spiro atoms. The molecule has 4 aromatic rings. The van der Waals surface area contributed by atoms with Crippen molar-refractivity contribution in [1.29, 1.82) is 0 Å². The first-order chi connectivity index (χ1) is 19.0. The van der Waals surface area contributed by atoms with Crippen LogP contribution in [0.4, 0.5) is 0 Å². The number of aromatic nitrogens is 1. The van der Waals surface area contributed by atoms with Gasteiger partial charge in [0.25, 0.3) is 5.91 Å². The molecule has 1 unspecified atom stereocenters. The summed E-state index contributed by atoms with van der Waals surface area (Å²) in [5.41, 5.74) is 4.60. The molecule has 0 aliphatic carbocycles. The van der Waals surface area contributed by atoms with Gasteiger partial charge in [-0.15, -0.1) is 0 Å². The fraction of sp³-hybridized carbons (Fsp3) is 0.424. The van der Waals surface area contributed by atoms with Gasteiger partial charge in [0.2, 0.25) is 0 Å². The molecule has 39 heavy (non-hydrogen) atoms. The molecule has 3 heterocycles. The minimum atomic E-state index is -0.0148. The molecule has 1 aromatic heterocycles. The normalized spacial score (nSPS) is 19.2. The third-order valence-corrected chi connectivity index (χ3v) is 8.75. The van der Waals surface area contributed by atoms with Crippen LogP contribution in [-0.2, 0) is 13.6 Å². The van der Waals surface area contributed by atoms with Crippen LogP contribution in [0.5, 0.6) is 5.75 Å². The minimum Gasteiger partial charge on any atom is -0.490 e. The predicted molar refractivity (Wildman–Crippen MR) is 158 cm³/mol. The van der Waals surface area contributed by atoms with Crippen molar-refractivity contribution in [2.24, 2.45) is 7.05 Å². The highest BCUT2D eigenvalue weighted by molar-refractivity contribution is 6.08. The smallest absolute Gasteiger partial charge is 0.251 e. The molecule has 204 valence electrons. The molecule has 0 bridgehead atoms. The van der Waals surface area contributed by atoms with E-state index in [0.29, 0.717) is 18.2 Å². The number of para-hydroxylation sites is 1. The Bertz CT molecular complexity index is 1450. The van der Waals surface area contributed by atoms with Crippen molar-refractivity contribution in [1.82, 2.24) is 19.7 Å². The van der Waals surface area contributed by atoms with Crippen LogP contribution in [0.15, 0.2) is 66.7 Å². The highest BCUT2D eigenvalue weighted by Crippen LogP contribution is 2.29. The number of amides is 1. The average Bonchev–Trinajstić information content (AvgIpc) is 3.50. The maximum atomic E-state index is 12.7. The summed E-state index contributed by atoms with van der Waals surface area (Å²) in [7, 11) is 4.33. The summed E-state index contributed by atoms with van der Waals surface area (Å²) in [4.78, 5) is 17.6. The van der Waals surface area contributed by atoms with Crippen LogP contribution < -0.4 is 10.1 Å². The number of carbonyl (C=O) groups is 1. The Morgan fingerprint density at radius 3 is 2.54 bits per heavy atom. The number of likely N-dealkylation sites (tertiary alicyclic amines) is 2. The van der Waals surface area contributed by atoms with E-state index in [1.165, 1.54) is 40.2 Å². The Morgan fingerprint density at radius 2 is 1.72 bits per heavy atom. The Kier molecular flexibility index (Phi) is 7.58. The van der Waals surface area contributed by atoms with E-state index in [4.69, 9.17) is 4.74 Å². The van der Waals surface area contributed by atoms with E-state index in [1.54, 1.807) is 0 Å². The summed E-state index contributed by atoms with van der Waals surface area (Å²) in [6, 6.07) is 23.8. The topological polar surface area (TPSA) is 49.7 Å². The third-order valence-electron chi connectivity index (χ3n) is 8.75.